The van der Waals surface area contributed by atoms with Gasteiger partial charge in [0.25, 0.3) is 0 Å². The highest BCUT2D eigenvalue weighted by molar-refractivity contribution is 6.04. The summed E-state index contributed by atoms with van der Waals surface area (Å²) in [5.41, 5.74) is 21.1. The molecule has 4 bridgehead atoms. The van der Waals surface area contributed by atoms with Crippen molar-refractivity contribution in [2.75, 3.05) is 4.90 Å². The number of benzene rings is 6. The third-order valence-electron chi connectivity index (χ3n) is 16.4. The average Bonchev–Trinajstić information content (AvgIpc) is 4.06. The molecule has 6 aromatic carbocycles. The number of hydrogen-bond acceptors (Lipinski definition) is 3. The quantitative estimate of drug-likeness (QED) is 0.166. The Kier molecular flexibility index (Phi) is 8.38. The normalized spacial score (nSPS) is 22.1. The fraction of sp³-hybridized carbons (Fsp3) is 0.219. The minimum absolute atomic E-state index is 0.101. The molecule has 3 heteroatoms. The van der Waals surface area contributed by atoms with Crippen LogP contribution >= 0.6 is 0 Å². The number of hydrogen-bond donors (Lipinski definition) is 0. The van der Waals surface area contributed by atoms with E-state index in [2.05, 4.69) is 230 Å². The monoisotopic (exact) mass is 869 g/mol. The smallest absolute Gasteiger partial charge is 0.142 e. The summed E-state index contributed by atoms with van der Waals surface area (Å²) >= 11 is 0. The molecule has 14 rings (SSSR count). The van der Waals surface area contributed by atoms with E-state index in [1.807, 2.05) is 0 Å². The first-order valence-electron chi connectivity index (χ1n) is 24.2. The fourth-order valence-corrected chi connectivity index (χ4v) is 13.2. The van der Waals surface area contributed by atoms with Crippen molar-refractivity contribution in [3.8, 4) is 55.8 Å². The molecule has 2 aliphatic heterocycles. The molecule has 4 heterocycles. The van der Waals surface area contributed by atoms with Gasteiger partial charge in [0, 0.05) is 56.1 Å². The number of anilines is 3. The molecule has 0 radical (unpaired) electrons. The lowest BCUT2D eigenvalue weighted by atomic mass is 9.59. The van der Waals surface area contributed by atoms with Crippen molar-refractivity contribution in [3.63, 3.8) is 0 Å². The van der Waals surface area contributed by atoms with Crippen LogP contribution in [0.3, 0.4) is 0 Å². The number of para-hydroxylation sites is 1. The highest BCUT2D eigenvalue weighted by atomic mass is 16.4. The van der Waals surface area contributed by atoms with E-state index in [-0.39, 0.29) is 17.3 Å². The van der Waals surface area contributed by atoms with Gasteiger partial charge in [-0.1, -0.05) is 180 Å². The molecule has 67 heavy (non-hydrogen) atoms. The predicted octanol–water partition coefficient (Wildman–Crippen LogP) is 17.4. The van der Waals surface area contributed by atoms with E-state index in [0.29, 0.717) is 5.92 Å². The van der Waals surface area contributed by atoms with Crippen LogP contribution in [0.5, 0.6) is 0 Å². The summed E-state index contributed by atoms with van der Waals surface area (Å²) in [5, 5.41) is 0. The van der Waals surface area contributed by atoms with Crippen molar-refractivity contribution >= 4 is 22.6 Å². The molecule has 0 saturated carbocycles. The molecular formula is C64H55NO2. The minimum Gasteiger partial charge on any atom is -0.462 e. The highest BCUT2D eigenvalue weighted by Crippen LogP contribution is 2.64. The number of furan rings is 2. The molecule has 8 aromatic rings. The van der Waals surface area contributed by atoms with Crippen LogP contribution < -0.4 is 4.90 Å². The standard InChI is InChI=1S/C64H55NO2/c1-37-33-34-64(8)57-39(3)48(35-38(2)52(37)57)47-24-16-18-26-51(47)65(44-31-32-46-45-23-15-17-25-49(45)62(4,5)50(46)36-44)43-29-27-41(28-30-43)54-56-55-53(40-19-11-9-12-20-40)58(42-21-13-10-14-22-42)66-59(55)63(6,7)60(56)67-61(54)64/h9-39H,1-8H3. The molecule has 328 valence electrons. The van der Waals surface area contributed by atoms with Gasteiger partial charge in [0.05, 0.1) is 16.5 Å². The number of allylic oxidation sites excluding steroid dienone is 6. The summed E-state index contributed by atoms with van der Waals surface area (Å²) in [6.07, 6.45) is 7.50. The van der Waals surface area contributed by atoms with Gasteiger partial charge in [0.15, 0.2) is 0 Å². The molecule has 0 N–H and O–H groups in total. The van der Waals surface area contributed by atoms with Crippen LogP contribution in [0, 0.1) is 17.8 Å². The molecule has 4 aliphatic carbocycles. The Morgan fingerprint density at radius 2 is 1.07 bits per heavy atom. The summed E-state index contributed by atoms with van der Waals surface area (Å²) < 4.78 is 14.9. The Hall–Kier alpha value is -7.10. The zero-order valence-corrected chi connectivity index (χ0v) is 39.7. The van der Waals surface area contributed by atoms with Crippen molar-refractivity contribution in [2.24, 2.45) is 17.8 Å². The lowest BCUT2D eigenvalue weighted by Crippen LogP contribution is -2.35. The van der Waals surface area contributed by atoms with Gasteiger partial charge in [-0.2, -0.15) is 0 Å². The second kappa shape index (κ2) is 14.0. The van der Waals surface area contributed by atoms with Crippen LogP contribution in [0.15, 0.2) is 190 Å². The zero-order valence-electron chi connectivity index (χ0n) is 39.7. The van der Waals surface area contributed by atoms with E-state index in [1.165, 1.54) is 50.2 Å². The van der Waals surface area contributed by atoms with E-state index in [1.54, 1.807) is 0 Å². The maximum Gasteiger partial charge on any atom is 0.142 e. The predicted molar refractivity (Wildman–Crippen MR) is 276 cm³/mol. The number of nitrogens with zero attached hydrogens (tertiary/aromatic N) is 1. The largest absolute Gasteiger partial charge is 0.462 e. The summed E-state index contributed by atoms with van der Waals surface area (Å²) in [6.45, 7) is 19.0. The SMILES string of the molecule is CC1C=CC2(C)C3=C1C(C)C=C(c1ccccc1N(c1ccc4c(c1)C(C)(C)c1ccccc1-4)c1ccc(cc1)-c1c2oc2c1-c1c(oc(-c4ccccc4)c1-c1ccccc1)C2(C)C)C3C. The molecule has 3 nitrogen and oxygen atoms in total. The second-order valence-electron chi connectivity index (χ2n) is 21.0. The van der Waals surface area contributed by atoms with Crippen LogP contribution in [0.4, 0.5) is 17.1 Å². The maximum atomic E-state index is 7.70. The molecule has 4 atom stereocenters. The first-order valence-corrected chi connectivity index (χ1v) is 24.2. The van der Waals surface area contributed by atoms with Gasteiger partial charge in [-0.15, -0.1) is 0 Å². The first-order chi connectivity index (χ1) is 32.4. The third kappa shape index (κ3) is 5.40. The Bertz CT molecular complexity index is 3460. The Balaban J connectivity index is 1.11. The van der Waals surface area contributed by atoms with E-state index >= 15 is 0 Å². The van der Waals surface area contributed by atoms with Gasteiger partial charge in [0.2, 0.25) is 0 Å². The summed E-state index contributed by atoms with van der Waals surface area (Å²) in [6, 6.07) is 56.0. The first kappa shape index (κ1) is 40.2. The van der Waals surface area contributed by atoms with Gasteiger partial charge >= 0.3 is 0 Å². The molecule has 0 amide bonds. The van der Waals surface area contributed by atoms with Crippen molar-refractivity contribution in [1.29, 1.82) is 0 Å². The van der Waals surface area contributed by atoms with E-state index in [4.69, 9.17) is 8.83 Å². The summed E-state index contributed by atoms with van der Waals surface area (Å²) in [4.78, 5) is 2.51. The van der Waals surface area contributed by atoms with Crippen LogP contribution in [0.25, 0.3) is 61.4 Å². The molecule has 0 fully saturated rings. The van der Waals surface area contributed by atoms with Crippen LogP contribution in [-0.4, -0.2) is 0 Å². The van der Waals surface area contributed by atoms with Crippen LogP contribution in [0.2, 0.25) is 0 Å². The van der Waals surface area contributed by atoms with Crippen molar-refractivity contribution in [1.82, 2.24) is 0 Å². The molecular weight excluding hydrogens is 815 g/mol. The zero-order chi connectivity index (χ0) is 45.7. The van der Waals surface area contributed by atoms with E-state index < -0.39 is 10.8 Å². The lowest BCUT2D eigenvalue weighted by molar-refractivity contribution is 0.342. The number of rotatable bonds is 3. The fourth-order valence-electron chi connectivity index (χ4n) is 13.2. The topological polar surface area (TPSA) is 29.5 Å². The van der Waals surface area contributed by atoms with Gasteiger partial charge in [-0.25, -0.2) is 0 Å². The van der Waals surface area contributed by atoms with Crippen molar-refractivity contribution < 1.29 is 8.83 Å². The highest BCUT2D eigenvalue weighted by Gasteiger charge is 2.52. The molecule has 4 unspecified atom stereocenters. The number of fused-ring (bicyclic) bond motifs is 8. The molecule has 0 spiro atoms. The minimum atomic E-state index is -0.550. The Morgan fingerprint density at radius 3 is 1.82 bits per heavy atom. The second-order valence-corrected chi connectivity index (χ2v) is 21.0. The van der Waals surface area contributed by atoms with Gasteiger partial charge in [-0.05, 0) is 107 Å². The van der Waals surface area contributed by atoms with Crippen molar-refractivity contribution in [3.05, 3.63) is 215 Å². The third-order valence-corrected chi connectivity index (χ3v) is 16.4. The maximum absolute atomic E-state index is 7.70. The Labute approximate surface area is 394 Å². The van der Waals surface area contributed by atoms with Crippen molar-refractivity contribution in [2.45, 2.75) is 71.6 Å². The summed E-state index contributed by atoms with van der Waals surface area (Å²) in [5.74, 6) is 4.43. The van der Waals surface area contributed by atoms with Gasteiger partial charge in [-0.3, -0.25) is 0 Å². The Morgan fingerprint density at radius 1 is 0.478 bits per heavy atom. The van der Waals surface area contributed by atoms with Gasteiger partial charge < -0.3 is 13.7 Å². The molecule has 6 aliphatic rings. The van der Waals surface area contributed by atoms with E-state index in [9.17, 15) is 0 Å². The summed E-state index contributed by atoms with van der Waals surface area (Å²) in [7, 11) is 0. The molecule has 2 aromatic heterocycles. The van der Waals surface area contributed by atoms with E-state index in [0.717, 1.165) is 73.4 Å². The molecule has 0 saturated heterocycles. The lowest BCUT2D eigenvalue weighted by Gasteiger charge is -2.44. The van der Waals surface area contributed by atoms with Gasteiger partial charge in [0.1, 0.15) is 23.0 Å². The van der Waals surface area contributed by atoms with Crippen LogP contribution in [0.1, 0.15) is 89.4 Å². The van der Waals surface area contributed by atoms with Crippen LogP contribution in [-0.2, 0) is 16.2 Å². The average molecular weight is 870 g/mol.